The van der Waals surface area contributed by atoms with E-state index in [9.17, 15) is 29.5 Å². The highest BCUT2D eigenvalue weighted by Gasteiger charge is 2.38. The highest BCUT2D eigenvalue weighted by molar-refractivity contribution is 6.06. The van der Waals surface area contributed by atoms with Gasteiger partial charge in [0.2, 0.25) is 11.8 Å². The van der Waals surface area contributed by atoms with Crippen LogP contribution in [0.15, 0.2) is 60.9 Å². The van der Waals surface area contributed by atoms with Gasteiger partial charge in [-0.15, -0.1) is 0 Å². The van der Waals surface area contributed by atoms with Gasteiger partial charge >= 0.3 is 6.03 Å². The van der Waals surface area contributed by atoms with Crippen molar-refractivity contribution in [3.63, 3.8) is 0 Å². The van der Waals surface area contributed by atoms with Crippen molar-refractivity contribution in [1.82, 2.24) is 34.5 Å². The van der Waals surface area contributed by atoms with Crippen LogP contribution in [0.5, 0.6) is 0 Å². The minimum absolute atomic E-state index is 0.0288. The van der Waals surface area contributed by atoms with Gasteiger partial charge in [-0.2, -0.15) is 15.5 Å². The van der Waals surface area contributed by atoms with Gasteiger partial charge in [0, 0.05) is 92.5 Å². The fraction of sp³-hybridized carbons (Fsp3) is 0.444. The number of nitrogens with zero attached hydrogens (tertiary/aromatic N) is 9. The third-order valence-corrected chi connectivity index (χ3v) is 13.0. The lowest BCUT2D eigenvalue weighted by molar-refractivity contribution is -0.138. The Labute approximate surface area is 353 Å². The van der Waals surface area contributed by atoms with E-state index in [4.69, 9.17) is 5.10 Å². The maximum atomic E-state index is 13.6. The molecule has 6 heterocycles. The lowest BCUT2D eigenvalue weighted by atomic mass is 9.89. The van der Waals surface area contributed by atoms with Crippen LogP contribution in [0.2, 0.25) is 0 Å². The minimum Gasteiger partial charge on any atom is -0.386 e. The van der Waals surface area contributed by atoms with Crippen LogP contribution in [0.25, 0.3) is 16.4 Å². The molecule has 4 aliphatic rings. The van der Waals surface area contributed by atoms with E-state index in [1.54, 1.807) is 36.9 Å². The number of hydrogen-bond acceptors (Lipinski definition) is 10. The summed E-state index contributed by atoms with van der Waals surface area (Å²) in [5, 5.41) is 35.9. The molecule has 5 amide bonds. The topological polar surface area (TPSA) is 184 Å². The standard InChI is InChI=1S/C45H51N11O5/c1-4-29-20-34(9-11-39(29)54-14-13-41(57)49-44(54)60)53-25-31(26-53)43(59)52-17-15-51(16-18-52)32-5-7-33(8-6-32)55-27-30-21-38(36(45(2,3)61)22-37(30)50-55)48-42(58)40-12-10-35-19-28(23-46)24-47-56(35)40/h9-12,19-22,24,27,31-33,61H,4-8,13-18,25-26H2,1-3H3,(H,48,58)(H,49,57,60)/t32-,33-. The number of anilines is 3. The molecule has 3 aliphatic heterocycles. The second kappa shape index (κ2) is 15.9. The number of carbonyl (C=O) groups excluding carboxylic acids is 4. The summed E-state index contributed by atoms with van der Waals surface area (Å²) in [6, 6.07) is 17.2. The number of hydrogen-bond donors (Lipinski definition) is 3. The lowest BCUT2D eigenvalue weighted by Crippen LogP contribution is -2.59. The van der Waals surface area contributed by atoms with E-state index >= 15 is 0 Å². The Balaban J connectivity index is 0.776. The van der Waals surface area contributed by atoms with Gasteiger partial charge in [-0.25, -0.2) is 9.31 Å². The highest BCUT2D eigenvalue weighted by atomic mass is 16.3. The summed E-state index contributed by atoms with van der Waals surface area (Å²) in [7, 11) is 0. The monoisotopic (exact) mass is 825 g/mol. The van der Waals surface area contributed by atoms with Gasteiger partial charge in [0.1, 0.15) is 11.8 Å². The summed E-state index contributed by atoms with van der Waals surface area (Å²) in [6.07, 6.45) is 8.52. The molecular weight excluding hydrogens is 775 g/mol. The summed E-state index contributed by atoms with van der Waals surface area (Å²) in [5.41, 5.74) is 4.80. The Hall–Kier alpha value is -6.31. The molecule has 1 saturated carbocycles. The Morgan fingerprint density at radius 1 is 0.967 bits per heavy atom. The van der Waals surface area contributed by atoms with Crippen LogP contribution in [-0.4, -0.2) is 110 Å². The van der Waals surface area contributed by atoms with Crippen molar-refractivity contribution in [2.24, 2.45) is 5.92 Å². The molecule has 316 valence electrons. The largest absolute Gasteiger partial charge is 0.386 e. The van der Waals surface area contributed by atoms with Gasteiger partial charge in [-0.3, -0.25) is 34.2 Å². The molecule has 0 radical (unpaired) electrons. The molecule has 9 rings (SSSR count). The van der Waals surface area contributed by atoms with Crippen molar-refractivity contribution >= 4 is 57.2 Å². The molecule has 16 nitrogen and oxygen atoms in total. The van der Waals surface area contributed by atoms with Gasteiger partial charge in [0.15, 0.2) is 0 Å². The number of nitrogens with one attached hydrogen (secondary N) is 2. The summed E-state index contributed by atoms with van der Waals surface area (Å²) >= 11 is 0. The normalized spacial score (nSPS) is 20.5. The Morgan fingerprint density at radius 2 is 1.72 bits per heavy atom. The van der Waals surface area contributed by atoms with Gasteiger partial charge in [0.25, 0.3) is 5.91 Å². The number of piperazine rings is 1. The number of benzene rings is 2. The average Bonchev–Trinajstić information content (AvgIpc) is 3.87. The number of nitriles is 1. The first-order valence-electron chi connectivity index (χ1n) is 21.3. The Morgan fingerprint density at radius 3 is 2.43 bits per heavy atom. The number of carbonyl (C=O) groups is 4. The first-order valence-corrected chi connectivity index (χ1v) is 21.3. The van der Waals surface area contributed by atoms with Crippen LogP contribution < -0.4 is 20.4 Å². The van der Waals surface area contributed by atoms with Crippen LogP contribution in [-0.2, 0) is 21.6 Å². The van der Waals surface area contributed by atoms with Crippen LogP contribution in [0, 0.1) is 17.2 Å². The van der Waals surface area contributed by atoms with E-state index in [1.165, 1.54) is 10.7 Å². The third kappa shape index (κ3) is 7.79. The molecule has 5 aromatic rings. The van der Waals surface area contributed by atoms with Crippen LogP contribution in [0.3, 0.4) is 0 Å². The fourth-order valence-corrected chi connectivity index (χ4v) is 9.51. The Bertz CT molecular complexity index is 2580. The maximum Gasteiger partial charge on any atom is 0.328 e. The SMILES string of the molecule is CCc1cc(N2CC(C(=O)N3CCN([C@H]4CC[C@H](n5cc6cc(NC(=O)c7ccc8cc(C#N)cnn78)c(C(C)(C)O)cc6n5)CC4)CC3)C2)ccc1N1CCC(=O)NC1=O. The van der Waals surface area contributed by atoms with Crippen molar-refractivity contribution in [3.05, 3.63) is 83.3 Å². The molecule has 0 unspecified atom stereocenters. The molecule has 2 aromatic carbocycles. The van der Waals surface area contributed by atoms with Crippen molar-refractivity contribution < 1.29 is 24.3 Å². The predicted octanol–water partition coefficient (Wildman–Crippen LogP) is 4.81. The smallest absolute Gasteiger partial charge is 0.328 e. The van der Waals surface area contributed by atoms with E-state index < -0.39 is 5.60 Å². The number of fused-ring (bicyclic) bond motifs is 2. The number of aromatic nitrogens is 4. The molecule has 0 atom stereocenters. The maximum absolute atomic E-state index is 13.6. The molecular formula is C45H51N11O5. The number of imide groups is 1. The molecule has 0 spiro atoms. The van der Waals surface area contributed by atoms with E-state index in [-0.39, 0.29) is 42.1 Å². The predicted molar refractivity (Wildman–Crippen MR) is 229 cm³/mol. The number of aryl methyl sites for hydroxylation is 1. The molecule has 0 bridgehead atoms. The Kier molecular flexibility index (Phi) is 10.5. The zero-order valence-corrected chi connectivity index (χ0v) is 34.8. The summed E-state index contributed by atoms with van der Waals surface area (Å²) in [6.45, 7) is 10.4. The second-order valence-corrected chi connectivity index (χ2v) is 17.3. The highest BCUT2D eigenvalue weighted by Crippen LogP contribution is 2.37. The summed E-state index contributed by atoms with van der Waals surface area (Å²) < 4.78 is 3.54. The van der Waals surface area contributed by atoms with Gasteiger partial charge in [0.05, 0.1) is 40.4 Å². The quantitative estimate of drug-likeness (QED) is 0.187. The molecule has 1 aliphatic carbocycles. The first-order chi connectivity index (χ1) is 29.4. The summed E-state index contributed by atoms with van der Waals surface area (Å²) in [4.78, 5) is 59.7. The van der Waals surface area contributed by atoms with Crippen molar-refractivity contribution in [1.29, 1.82) is 5.26 Å². The van der Waals surface area contributed by atoms with Crippen LogP contribution >= 0.6 is 0 Å². The minimum atomic E-state index is -1.25. The van der Waals surface area contributed by atoms with Gasteiger partial charge < -0.3 is 20.2 Å². The van der Waals surface area contributed by atoms with Gasteiger partial charge in [-0.05, 0) is 100 Å². The van der Waals surface area contributed by atoms with Crippen molar-refractivity contribution in [2.45, 2.75) is 77.0 Å². The van der Waals surface area contributed by atoms with E-state index in [0.29, 0.717) is 53.7 Å². The second-order valence-electron chi connectivity index (χ2n) is 17.3. The van der Waals surface area contributed by atoms with E-state index in [0.717, 1.165) is 86.1 Å². The average molecular weight is 826 g/mol. The van der Waals surface area contributed by atoms with E-state index in [2.05, 4.69) is 44.6 Å². The number of aliphatic hydroxyl groups is 1. The molecule has 3 saturated heterocycles. The number of urea groups is 1. The lowest BCUT2D eigenvalue weighted by Gasteiger charge is -2.46. The number of rotatable bonds is 9. The third-order valence-electron chi connectivity index (χ3n) is 13.0. The molecule has 4 fully saturated rings. The molecule has 16 heteroatoms. The zero-order valence-electron chi connectivity index (χ0n) is 34.8. The van der Waals surface area contributed by atoms with Crippen molar-refractivity contribution in [2.75, 3.05) is 60.9 Å². The van der Waals surface area contributed by atoms with Crippen LogP contribution in [0.1, 0.15) is 86.1 Å². The van der Waals surface area contributed by atoms with E-state index in [1.807, 2.05) is 40.0 Å². The van der Waals surface area contributed by atoms with Crippen molar-refractivity contribution in [3.8, 4) is 6.07 Å². The molecule has 3 N–H and O–H groups in total. The zero-order chi connectivity index (χ0) is 42.6. The van der Waals surface area contributed by atoms with Crippen LogP contribution in [0.4, 0.5) is 21.9 Å². The first kappa shape index (κ1) is 40.1. The molecule has 3 aromatic heterocycles. The van der Waals surface area contributed by atoms with Gasteiger partial charge in [-0.1, -0.05) is 6.92 Å². The summed E-state index contributed by atoms with van der Waals surface area (Å²) in [5.74, 6) is -0.430. The fourth-order valence-electron chi connectivity index (χ4n) is 9.51. The molecule has 61 heavy (non-hydrogen) atoms. The number of amides is 5.